The van der Waals surface area contributed by atoms with Gasteiger partial charge in [0.2, 0.25) is 0 Å². The second-order valence-corrected chi connectivity index (χ2v) is 7.88. The van der Waals surface area contributed by atoms with Crippen molar-refractivity contribution in [3.8, 4) is 0 Å². The van der Waals surface area contributed by atoms with Crippen LogP contribution in [0.2, 0.25) is 0 Å². The number of carbonyl (C=O) groups excluding carboxylic acids is 3. The molecule has 0 bridgehead atoms. The lowest BCUT2D eigenvalue weighted by Crippen LogP contribution is -2.25. The summed E-state index contributed by atoms with van der Waals surface area (Å²) in [4.78, 5) is 42.2. The third-order valence-electron chi connectivity index (χ3n) is 5.79. The summed E-state index contributed by atoms with van der Waals surface area (Å²) < 4.78 is 5.03. The molecule has 0 saturated heterocycles. The molecule has 0 spiro atoms. The molecule has 1 aliphatic carbocycles. The van der Waals surface area contributed by atoms with Crippen LogP contribution in [0.5, 0.6) is 0 Å². The average Bonchev–Trinajstić information content (AvgIpc) is 2.80. The van der Waals surface area contributed by atoms with Crippen molar-refractivity contribution < 1.29 is 19.1 Å². The Morgan fingerprint density at radius 1 is 0.969 bits per heavy atom. The van der Waals surface area contributed by atoms with Crippen molar-refractivity contribution in [3.05, 3.63) is 93.3 Å². The number of hydrogen-bond donors (Lipinski definition) is 0. The van der Waals surface area contributed by atoms with Crippen molar-refractivity contribution in [2.45, 2.75) is 40.5 Å². The summed E-state index contributed by atoms with van der Waals surface area (Å²) in [5.41, 5.74) is 4.98. The number of rotatable bonds is 6. The highest BCUT2D eigenvalue weighted by atomic mass is 16.5. The fourth-order valence-electron chi connectivity index (χ4n) is 3.88. The molecule has 0 fully saturated rings. The number of carbonyl (C=O) groups is 3. The molecule has 1 heterocycles. The summed E-state index contributed by atoms with van der Waals surface area (Å²) in [6, 6.07) is 11.3. The van der Waals surface area contributed by atoms with E-state index in [9.17, 15) is 14.4 Å². The Labute approximate surface area is 188 Å². The van der Waals surface area contributed by atoms with Gasteiger partial charge in [0.1, 0.15) is 0 Å². The van der Waals surface area contributed by atoms with E-state index in [1.807, 2.05) is 36.4 Å². The largest absolute Gasteiger partial charge is 0.463 e. The standard InChI is InChI=1S/C27H27NO4/c1-6-32-27(31)16(2)14-20-9-11-21(12-10-20)24(22-8-7-13-28-15-22)23-19(5)25(29)17(3)18(4)26(23)30/h7-15,24H,6H2,1-5H3. The highest BCUT2D eigenvalue weighted by Crippen LogP contribution is 2.38. The molecule has 2 aromatic rings. The number of aromatic nitrogens is 1. The van der Waals surface area contributed by atoms with E-state index < -0.39 is 5.92 Å². The molecule has 32 heavy (non-hydrogen) atoms. The summed E-state index contributed by atoms with van der Waals surface area (Å²) in [5.74, 6) is -0.992. The maximum absolute atomic E-state index is 13.3. The molecule has 0 saturated carbocycles. The van der Waals surface area contributed by atoms with E-state index in [4.69, 9.17) is 4.74 Å². The summed E-state index contributed by atoms with van der Waals surface area (Å²) in [5, 5.41) is 0. The number of ketones is 2. The highest BCUT2D eigenvalue weighted by Gasteiger charge is 2.34. The molecule has 0 amide bonds. The first kappa shape index (κ1) is 23.1. The fourth-order valence-corrected chi connectivity index (χ4v) is 3.88. The molecule has 1 aromatic heterocycles. The van der Waals surface area contributed by atoms with Gasteiger partial charge in [0, 0.05) is 46.2 Å². The predicted molar refractivity (Wildman–Crippen MR) is 124 cm³/mol. The molecule has 0 N–H and O–H groups in total. The molecule has 164 valence electrons. The number of benzene rings is 1. The number of hydrogen-bond acceptors (Lipinski definition) is 5. The Bertz CT molecular complexity index is 1150. The molecule has 1 atom stereocenters. The van der Waals surface area contributed by atoms with Gasteiger partial charge in [0.05, 0.1) is 6.61 Å². The Morgan fingerprint density at radius 2 is 1.62 bits per heavy atom. The predicted octanol–water partition coefficient (Wildman–Crippen LogP) is 4.98. The third-order valence-corrected chi connectivity index (χ3v) is 5.79. The van der Waals surface area contributed by atoms with Crippen molar-refractivity contribution in [1.29, 1.82) is 0 Å². The lowest BCUT2D eigenvalue weighted by atomic mass is 9.75. The van der Waals surface area contributed by atoms with Crippen molar-refractivity contribution in [2.75, 3.05) is 6.61 Å². The van der Waals surface area contributed by atoms with Crippen LogP contribution in [0.1, 0.15) is 57.2 Å². The van der Waals surface area contributed by atoms with Crippen LogP contribution >= 0.6 is 0 Å². The van der Waals surface area contributed by atoms with Gasteiger partial charge in [-0.15, -0.1) is 0 Å². The molecule has 5 nitrogen and oxygen atoms in total. The van der Waals surface area contributed by atoms with Crippen LogP contribution in [-0.2, 0) is 19.1 Å². The highest BCUT2D eigenvalue weighted by molar-refractivity contribution is 6.25. The molecule has 5 heteroatoms. The number of esters is 1. The molecular weight excluding hydrogens is 402 g/mol. The fraction of sp³-hybridized carbons (Fsp3) is 0.259. The van der Waals surface area contributed by atoms with Gasteiger partial charge in [-0.2, -0.15) is 0 Å². The van der Waals surface area contributed by atoms with Gasteiger partial charge < -0.3 is 4.74 Å². The lowest BCUT2D eigenvalue weighted by Gasteiger charge is -2.26. The summed E-state index contributed by atoms with van der Waals surface area (Å²) in [6.45, 7) is 8.92. The van der Waals surface area contributed by atoms with Gasteiger partial charge in [-0.1, -0.05) is 30.3 Å². The lowest BCUT2D eigenvalue weighted by molar-refractivity contribution is -0.138. The second kappa shape index (κ2) is 9.69. The molecule has 1 unspecified atom stereocenters. The SMILES string of the molecule is CCOC(=O)C(C)=Cc1ccc(C(C2=C(C)C(=O)C(C)=C(C)C2=O)c2cccnc2)cc1. The number of Topliss-reactive ketones (excluding diaryl/α,β-unsaturated/α-hetero) is 2. The van der Waals surface area contributed by atoms with Crippen LogP contribution in [0.4, 0.5) is 0 Å². The van der Waals surface area contributed by atoms with Crippen molar-refractivity contribution in [1.82, 2.24) is 4.98 Å². The van der Waals surface area contributed by atoms with Crippen LogP contribution in [0.15, 0.2) is 76.7 Å². The van der Waals surface area contributed by atoms with Crippen LogP contribution < -0.4 is 0 Å². The first-order chi connectivity index (χ1) is 15.3. The van der Waals surface area contributed by atoms with Crippen LogP contribution in [0.3, 0.4) is 0 Å². The summed E-state index contributed by atoms with van der Waals surface area (Å²) in [7, 11) is 0. The van der Waals surface area contributed by atoms with Gasteiger partial charge in [-0.05, 0) is 63.5 Å². The number of pyridine rings is 1. The quantitative estimate of drug-likeness (QED) is 0.368. The van der Waals surface area contributed by atoms with Crippen molar-refractivity contribution in [2.24, 2.45) is 0 Å². The second-order valence-electron chi connectivity index (χ2n) is 7.88. The van der Waals surface area contributed by atoms with Crippen LogP contribution in [0, 0.1) is 0 Å². The van der Waals surface area contributed by atoms with Crippen molar-refractivity contribution >= 4 is 23.6 Å². The first-order valence-corrected chi connectivity index (χ1v) is 10.6. The number of nitrogens with zero attached hydrogens (tertiary/aromatic N) is 1. The van der Waals surface area contributed by atoms with Gasteiger partial charge in [0.25, 0.3) is 0 Å². The zero-order valence-electron chi connectivity index (χ0n) is 19.1. The number of allylic oxidation sites excluding steroid dienone is 4. The van der Waals surface area contributed by atoms with Gasteiger partial charge in [-0.25, -0.2) is 4.79 Å². The van der Waals surface area contributed by atoms with Gasteiger partial charge >= 0.3 is 5.97 Å². The molecule has 3 rings (SSSR count). The number of ether oxygens (including phenoxy) is 1. The Kier molecular flexibility index (Phi) is 6.98. The van der Waals surface area contributed by atoms with E-state index in [0.717, 1.165) is 16.7 Å². The van der Waals surface area contributed by atoms with E-state index in [1.54, 1.807) is 53.1 Å². The molecule has 0 aliphatic heterocycles. The van der Waals surface area contributed by atoms with Crippen molar-refractivity contribution in [3.63, 3.8) is 0 Å². The first-order valence-electron chi connectivity index (χ1n) is 10.6. The minimum absolute atomic E-state index is 0.101. The normalized spacial score (nSPS) is 15.8. The van der Waals surface area contributed by atoms with E-state index in [2.05, 4.69) is 4.98 Å². The van der Waals surface area contributed by atoms with E-state index >= 15 is 0 Å². The summed E-state index contributed by atoms with van der Waals surface area (Å²) >= 11 is 0. The Hall–Kier alpha value is -3.60. The van der Waals surface area contributed by atoms with Crippen LogP contribution in [-0.4, -0.2) is 29.1 Å². The smallest absolute Gasteiger partial charge is 0.333 e. The summed E-state index contributed by atoms with van der Waals surface area (Å²) in [6.07, 6.45) is 5.16. The zero-order valence-corrected chi connectivity index (χ0v) is 19.1. The Balaban J connectivity index is 2.08. The molecule has 1 aromatic carbocycles. The topological polar surface area (TPSA) is 73.3 Å². The van der Waals surface area contributed by atoms with Gasteiger partial charge in [0.15, 0.2) is 11.6 Å². The van der Waals surface area contributed by atoms with Gasteiger partial charge in [-0.3, -0.25) is 14.6 Å². The maximum atomic E-state index is 13.3. The zero-order chi connectivity index (χ0) is 23.4. The van der Waals surface area contributed by atoms with Crippen LogP contribution in [0.25, 0.3) is 6.08 Å². The minimum atomic E-state index is -0.424. The maximum Gasteiger partial charge on any atom is 0.333 e. The molecular formula is C27H27NO4. The monoisotopic (exact) mass is 429 g/mol. The van der Waals surface area contributed by atoms with E-state index in [-0.39, 0.29) is 17.5 Å². The average molecular weight is 430 g/mol. The van der Waals surface area contributed by atoms with E-state index in [0.29, 0.717) is 34.5 Å². The third kappa shape index (κ3) is 4.52. The molecule has 1 aliphatic rings. The minimum Gasteiger partial charge on any atom is -0.463 e. The Morgan fingerprint density at radius 3 is 2.22 bits per heavy atom. The van der Waals surface area contributed by atoms with E-state index in [1.165, 1.54) is 0 Å². The molecule has 0 radical (unpaired) electrons.